The van der Waals surface area contributed by atoms with Gasteiger partial charge in [-0.2, -0.15) is 4.31 Å². The summed E-state index contributed by atoms with van der Waals surface area (Å²) in [6, 6.07) is 15.0. The molecule has 2 heterocycles. The molecule has 1 aliphatic rings. The number of fused-ring (bicyclic) bond motifs is 1. The molecule has 2 aromatic heterocycles. The largest absolute Gasteiger partial charge is 0.481 e. The number of rotatable bonds is 13. The van der Waals surface area contributed by atoms with E-state index in [0.717, 1.165) is 30.0 Å². The Morgan fingerprint density at radius 3 is 2.43 bits per heavy atom. The van der Waals surface area contributed by atoms with E-state index < -0.39 is 34.1 Å². The quantitative estimate of drug-likeness (QED) is 0.187. The Morgan fingerprint density at radius 2 is 1.77 bits per heavy atom. The third kappa shape index (κ3) is 7.58. The van der Waals surface area contributed by atoms with E-state index in [4.69, 9.17) is 4.74 Å². The number of carboxylic acids is 1. The Bertz CT molecular complexity index is 1720. The maximum Gasteiger partial charge on any atom is 0.304 e. The van der Waals surface area contributed by atoms with Gasteiger partial charge in [0.05, 0.1) is 24.3 Å². The zero-order chi connectivity index (χ0) is 31.3. The van der Waals surface area contributed by atoms with Crippen molar-refractivity contribution in [1.29, 1.82) is 0 Å². The van der Waals surface area contributed by atoms with Crippen molar-refractivity contribution in [2.75, 3.05) is 19.0 Å². The number of aliphatic carboxylic acids is 1. The van der Waals surface area contributed by atoms with Crippen LogP contribution in [0.3, 0.4) is 0 Å². The number of carboxylic acid groups (broad SMARTS) is 1. The SMILES string of the molecule is COc1ccc2nc(NC(=O)C(CC3CCCC3)c3ccc(S(=O)(=O)N(CCC(=O)O)Cc4ccc(F)cc4)cc3)sc2n1. The van der Waals surface area contributed by atoms with Gasteiger partial charge in [-0.15, -0.1) is 0 Å². The summed E-state index contributed by atoms with van der Waals surface area (Å²) in [7, 11) is -2.58. The van der Waals surface area contributed by atoms with Crippen molar-refractivity contribution >= 4 is 48.7 Å². The fourth-order valence-corrected chi connectivity index (χ4v) is 7.71. The molecule has 0 bridgehead atoms. The minimum atomic E-state index is -4.11. The number of hydrogen-bond donors (Lipinski definition) is 2. The number of pyridine rings is 1. The maximum atomic E-state index is 13.7. The lowest BCUT2D eigenvalue weighted by Crippen LogP contribution is -2.32. The molecule has 0 saturated heterocycles. The Balaban J connectivity index is 1.39. The predicted octanol–water partition coefficient (Wildman–Crippen LogP) is 5.81. The molecule has 1 amide bonds. The minimum Gasteiger partial charge on any atom is -0.481 e. The number of nitrogens with zero attached hydrogens (tertiary/aromatic N) is 3. The molecule has 4 aromatic rings. The van der Waals surface area contributed by atoms with Gasteiger partial charge in [-0.25, -0.2) is 22.8 Å². The van der Waals surface area contributed by atoms with Crippen LogP contribution in [0, 0.1) is 11.7 Å². The Morgan fingerprint density at radius 1 is 1.07 bits per heavy atom. The van der Waals surface area contributed by atoms with Crippen LogP contribution in [0.4, 0.5) is 9.52 Å². The molecular weight excluding hydrogens is 607 g/mol. The molecular formula is C31H33FN4O6S2. The molecule has 0 aliphatic heterocycles. The molecule has 13 heteroatoms. The van der Waals surface area contributed by atoms with Gasteiger partial charge in [0.25, 0.3) is 0 Å². The third-order valence-corrected chi connectivity index (χ3v) is 10.5. The summed E-state index contributed by atoms with van der Waals surface area (Å²) < 4.78 is 47.0. The average molecular weight is 641 g/mol. The summed E-state index contributed by atoms with van der Waals surface area (Å²) in [4.78, 5) is 34.4. The standard InChI is InChI=1S/C31H33FN4O6S2/c1-42-27-15-14-26-30(34-27)43-31(33-26)35-29(39)25(18-20-4-2-3-5-20)22-8-12-24(13-9-22)44(40,41)36(17-16-28(37)38)19-21-6-10-23(32)11-7-21/h6-15,20,25H,2-5,16-19H2,1H3,(H,37,38)(H,33,35,39). The summed E-state index contributed by atoms with van der Waals surface area (Å²) in [6.45, 7) is -0.375. The first-order valence-corrected chi connectivity index (χ1v) is 16.6. The van der Waals surface area contributed by atoms with Crippen LogP contribution < -0.4 is 10.1 Å². The monoisotopic (exact) mass is 640 g/mol. The Hall–Kier alpha value is -3.94. The number of anilines is 1. The number of methoxy groups -OCH3 is 1. The van der Waals surface area contributed by atoms with Crippen molar-refractivity contribution in [3.63, 3.8) is 0 Å². The first kappa shape index (κ1) is 31.5. The lowest BCUT2D eigenvalue weighted by atomic mass is 9.87. The van der Waals surface area contributed by atoms with Crippen LogP contribution in [0.2, 0.25) is 0 Å². The van der Waals surface area contributed by atoms with Gasteiger partial charge in [-0.3, -0.25) is 9.59 Å². The van der Waals surface area contributed by atoms with Gasteiger partial charge in [0, 0.05) is 19.2 Å². The first-order chi connectivity index (χ1) is 21.1. The number of benzene rings is 2. The van der Waals surface area contributed by atoms with Crippen LogP contribution in [0.25, 0.3) is 10.3 Å². The fourth-order valence-electron chi connectivity index (χ4n) is 5.45. The number of hydrogen-bond acceptors (Lipinski definition) is 8. The molecule has 0 spiro atoms. The van der Waals surface area contributed by atoms with E-state index in [1.54, 1.807) is 24.3 Å². The topological polar surface area (TPSA) is 139 Å². The summed E-state index contributed by atoms with van der Waals surface area (Å²) >= 11 is 1.25. The second-order valence-electron chi connectivity index (χ2n) is 10.8. The van der Waals surface area contributed by atoms with Crippen LogP contribution in [0.15, 0.2) is 65.6 Å². The molecule has 44 heavy (non-hydrogen) atoms. The first-order valence-electron chi connectivity index (χ1n) is 14.3. The zero-order valence-corrected chi connectivity index (χ0v) is 25.7. The molecule has 1 atom stereocenters. The third-order valence-electron chi connectivity index (χ3n) is 7.80. The van der Waals surface area contributed by atoms with E-state index in [9.17, 15) is 27.5 Å². The molecule has 5 rings (SSSR count). The molecule has 1 unspecified atom stereocenters. The second kappa shape index (κ2) is 13.8. The Labute approximate surface area is 259 Å². The fraction of sp³-hybridized carbons (Fsp3) is 0.355. The smallest absolute Gasteiger partial charge is 0.304 e. The second-order valence-corrected chi connectivity index (χ2v) is 13.7. The minimum absolute atomic E-state index is 0.0278. The van der Waals surface area contributed by atoms with Crippen molar-refractivity contribution in [2.24, 2.45) is 5.92 Å². The number of carbonyl (C=O) groups excluding carboxylic acids is 1. The van der Waals surface area contributed by atoms with Gasteiger partial charge in [-0.05, 0) is 53.8 Å². The highest BCUT2D eigenvalue weighted by Gasteiger charge is 2.29. The molecule has 2 N–H and O–H groups in total. The molecule has 0 radical (unpaired) electrons. The van der Waals surface area contributed by atoms with E-state index in [1.807, 2.05) is 0 Å². The van der Waals surface area contributed by atoms with E-state index in [1.165, 1.54) is 54.8 Å². The zero-order valence-electron chi connectivity index (χ0n) is 24.1. The van der Waals surface area contributed by atoms with E-state index in [0.29, 0.717) is 44.8 Å². The van der Waals surface area contributed by atoms with Crippen LogP contribution in [-0.4, -0.2) is 53.3 Å². The van der Waals surface area contributed by atoms with Crippen LogP contribution in [0.5, 0.6) is 5.88 Å². The van der Waals surface area contributed by atoms with Crippen molar-refractivity contribution in [1.82, 2.24) is 14.3 Å². The highest BCUT2D eigenvalue weighted by molar-refractivity contribution is 7.89. The molecule has 232 valence electrons. The average Bonchev–Trinajstić information content (AvgIpc) is 3.67. The molecule has 1 aliphatic carbocycles. The van der Waals surface area contributed by atoms with E-state index in [-0.39, 0.29) is 23.9 Å². The number of sulfonamides is 1. The van der Waals surface area contributed by atoms with Crippen LogP contribution in [0.1, 0.15) is 55.6 Å². The number of thiazole rings is 1. The van der Waals surface area contributed by atoms with E-state index in [2.05, 4.69) is 15.3 Å². The summed E-state index contributed by atoms with van der Waals surface area (Å²) in [5.41, 5.74) is 1.83. The van der Waals surface area contributed by atoms with Gasteiger partial charge >= 0.3 is 5.97 Å². The summed E-state index contributed by atoms with van der Waals surface area (Å²) in [6.07, 6.45) is 4.51. The number of carbonyl (C=O) groups is 2. The lowest BCUT2D eigenvalue weighted by Gasteiger charge is -2.23. The van der Waals surface area contributed by atoms with Gasteiger partial charge in [0.1, 0.15) is 16.2 Å². The van der Waals surface area contributed by atoms with Crippen LogP contribution in [-0.2, 0) is 26.2 Å². The van der Waals surface area contributed by atoms with Gasteiger partial charge in [0.2, 0.25) is 21.8 Å². The van der Waals surface area contributed by atoms with Crippen molar-refractivity contribution in [2.45, 2.75) is 55.9 Å². The Kier molecular flexibility index (Phi) is 9.87. The van der Waals surface area contributed by atoms with Gasteiger partial charge in [0.15, 0.2) is 5.13 Å². The summed E-state index contributed by atoms with van der Waals surface area (Å²) in [5, 5.41) is 12.6. The van der Waals surface area contributed by atoms with Crippen molar-refractivity contribution < 1.29 is 32.2 Å². The number of nitrogens with one attached hydrogen (secondary N) is 1. The predicted molar refractivity (Wildman–Crippen MR) is 165 cm³/mol. The van der Waals surface area contributed by atoms with Gasteiger partial charge in [-0.1, -0.05) is 61.3 Å². The highest BCUT2D eigenvalue weighted by Crippen LogP contribution is 2.36. The number of ether oxygens (including phenoxy) is 1. The van der Waals surface area contributed by atoms with Gasteiger partial charge < -0.3 is 15.2 Å². The number of aromatic nitrogens is 2. The molecule has 2 aromatic carbocycles. The highest BCUT2D eigenvalue weighted by atomic mass is 32.2. The molecule has 1 fully saturated rings. The molecule has 1 saturated carbocycles. The molecule has 10 nitrogen and oxygen atoms in total. The van der Waals surface area contributed by atoms with Crippen molar-refractivity contribution in [3.8, 4) is 5.88 Å². The summed E-state index contributed by atoms with van der Waals surface area (Å²) in [5.74, 6) is -1.54. The number of halogens is 1. The normalized spacial score (nSPS) is 14.6. The van der Waals surface area contributed by atoms with E-state index >= 15 is 0 Å². The lowest BCUT2D eigenvalue weighted by molar-refractivity contribution is -0.137. The van der Waals surface area contributed by atoms with Crippen LogP contribution >= 0.6 is 11.3 Å². The maximum absolute atomic E-state index is 13.7. The number of amides is 1. The van der Waals surface area contributed by atoms with Crippen molar-refractivity contribution in [3.05, 3.63) is 77.6 Å².